The molecule has 0 radical (unpaired) electrons. The number of Topliss-reactive ketones (excluding diaryl/α,β-unsaturated/α-hetero) is 1. The van der Waals surface area contributed by atoms with Gasteiger partial charge >= 0.3 is 0 Å². The molecule has 1 aromatic rings. The van der Waals surface area contributed by atoms with Crippen molar-refractivity contribution < 1.29 is 4.79 Å². The predicted octanol–water partition coefficient (Wildman–Crippen LogP) is 3.13. The molecule has 4 heteroatoms. The lowest BCUT2D eigenvalue weighted by Crippen LogP contribution is -1.98. The SMILES string of the molecule is CC(=O)c1ccc(I)c(Br)c1C#N. The van der Waals surface area contributed by atoms with E-state index >= 15 is 0 Å². The molecule has 0 unspecified atom stereocenters. The Kier molecular flexibility index (Phi) is 3.45. The normalized spacial score (nSPS) is 9.38. The number of hydrogen-bond acceptors (Lipinski definition) is 2. The molecule has 0 aromatic heterocycles. The van der Waals surface area contributed by atoms with E-state index in [1.807, 2.05) is 12.1 Å². The molecule has 0 bridgehead atoms. The molecule has 1 aromatic carbocycles. The second-order valence-corrected chi connectivity index (χ2v) is 4.41. The van der Waals surface area contributed by atoms with Crippen molar-refractivity contribution in [1.82, 2.24) is 0 Å². The molecule has 0 fully saturated rings. The molecule has 0 saturated carbocycles. The van der Waals surface area contributed by atoms with Crippen LogP contribution >= 0.6 is 38.5 Å². The fourth-order valence-electron chi connectivity index (χ4n) is 0.953. The average Bonchev–Trinajstić information content (AvgIpc) is 2.09. The first-order valence-corrected chi connectivity index (χ1v) is 5.34. The monoisotopic (exact) mass is 349 g/mol. The van der Waals surface area contributed by atoms with Gasteiger partial charge in [0.1, 0.15) is 6.07 Å². The molecule has 66 valence electrons. The van der Waals surface area contributed by atoms with Crippen molar-refractivity contribution in [3.05, 3.63) is 31.3 Å². The fourth-order valence-corrected chi connectivity index (χ4v) is 1.84. The highest BCUT2D eigenvalue weighted by molar-refractivity contribution is 14.1. The van der Waals surface area contributed by atoms with Crippen LogP contribution in [0.5, 0.6) is 0 Å². The Morgan fingerprint density at radius 2 is 2.23 bits per heavy atom. The lowest BCUT2D eigenvalue weighted by atomic mass is 10.1. The Morgan fingerprint density at radius 1 is 1.62 bits per heavy atom. The summed E-state index contributed by atoms with van der Waals surface area (Å²) in [5.74, 6) is -0.0892. The van der Waals surface area contributed by atoms with E-state index in [0.717, 1.165) is 3.57 Å². The summed E-state index contributed by atoms with van der Waals surface area (Å²) >= 11 is 5.38. The number of carbonyl (C=O) groups excluding carboxylic acids is 1. The van der Waals surface area contributed by atoms with Crippen LogP contribution in [0, 0.1) is 14.9 Å². The molecule has 13 heavy (non-hydrogen) atoms. The van der Waals surface area contributed by atoms with Crippen molar-refractivity contribution in [3.8, 4) is 6.07 Å². The summed E-state index contributed by atoms with van der Waals surface area (Å²) in [6, 6.07) is 5.50. The van der Waals surface area contributed by atoms with Crippen LogP contribution < -0.4 is 0 Å². The zero-order chi connectivity index (χ0) is 10.0. The third-order valence-electron chi connectivity index (χ3n) is 1.59. The molecular formula is C9H5BrINO. The molecule has 1 rings (SSSR count). The van der Waals surface area contributed by atoms with Gasteiger partial charge in [0.2, 0.25) is 0 Å². The smallest absolute Gasteiger partial charge is 0.161 e. The third kappa shape index (κ3) is 2.09. The quantitative estimate of drug-likeness (QED) is 0.577. The summed E-state index contributed by atoms with van der Waals surface area (Å²) in [7, 11) is 0. The van der Waals surface area contributed by atoms with Crippen LogP contribution in [0.3, 0.4) is 0 Å². The second kappa shape index (κ2) is 4.20. The summed E-state index contributed by atoms with van der Waals surface area (Å²) in [4.78, 5) is 11.1. The zero-order valence-electron chi connectivity index (χ0n) is 6.77. The molecule has 0 saturated heterocycles. The number of nitriles is 1. The van der Waals surface area contributed by atoms with Crippen molar-refractivity contribution >= 4 is 44.3 Å². The Bertz CT molecular complexity index is 409. The standard InChI is InChI=1S/C9H5BrINO/c1-5(13)6-2-3-8(11)9(10)7(6)4-12/h2-3H,1H3. The molecule has 0 heterocycles. The van der Waals surface area contributed by atoms with E-state index in [4.69, 9.17) is 5.26 Å². The van der Waals surface area contributed by atoms with Gasteiger partial charge in [-0.25, -0.2) is 0 Å². The van der Waals surface area contributed by atoms with Gasteiger partial charge in [-0.05, 0) is 57.6 Å². The van der Waals surface area contributed by atoms with Crippen molar-refractivity contribution in [2.45, 2.75) is 6.92 Å². The number of halogens is 2. The second-order valence-electron chi connectivity index (χ2n) is 2.45. The number of carbonyl (C=O) groups is 1. The summed E-state index contributed by atoms with van der Waals surface area (Å²) < 4.78 is 1.63. The molecule has 0 amide bonds. The first-order chi connectivity index (χ1) is 6.07. The van der Waals surface area contributed by atoms with E-state index in [-0.39, 0.29) is 5.78 Å². The highest BCUT2D eigenvalue weighted by atomic mass is 127. The van der Waals surface area contributed by atoms with E-state index in [2.05, 4.69) is 38.5 Å². The van der Waals surface area contributed by atoms with Gasteiger partial charge in [-0.3, -0.25) is 4.79 Å². The minimum Gasteiger partial charge on any atom is -0.294 e. The molecule has 0 N–H and O–H groups in total. The lowest BCUT2D eigenvalue weighted by molar-refractivity contribution is 0.101. The maximum atomic E-state index is 11.1. The number of hydrogen-bond donors (Lipinski definition) is 0. The van der Waals surface area contributed by atoms with Gasteiger partial charge in [0.15, 0.2) is 5.78 Å². The maximum absolute atomic E-state index is 11.1. The molecule has 0 aliphatic rings. The van der Waals surface area contributed by atoms with E-state index in [9.17, 15) is 4.79 Å². The molecule has 0 aliphatic heterocycles. The van der Waals surface area contributed by atoms with Gasteiger partial charge < -0.3 is 0 Å². The number of nitrogens with zero attached hydrogens (tertiary/aromatic N) is 1. The van der Waals surface area contributed by atoms with Crippen molar-refractivity contribution in [1.29, 1.82) is 5.26 Å². The van der Waals surface area contributed by atoms with Crippen molar-refractivity contribution in [3.63, 3.8) is 0 Å². The average molecular weight is 350 g/mol. The number of rotatable bonds is 1. The minimum atomic E-state index is -0.0892. The summed E-state index contributed by atoms with van der Waals surface area (Å²) in [6.45, 7) is 1.45. The first kappa shape index (κ1) is 10.7. The Labute approximate surface area is 98.2 Å². The van der Waals surface area contributed by atoms with Gasteiger partial charge in [-0.2, -0.15) is 5.26 Å². The molecule has 0 aliphatic carbocycles. The molecule has 0 spiro atoms. The lowest BCUT2D eigenvalue weighted by Gasteiger charge is -2.03. The molecule has 2 nitrogen and oxygen atoms in total. The van der Waals surface area contributed by atoms with Crippen LogP contribution in [0.15, 0.2) is 16.6 Å². The fraction of sp³-hybridized carbons (Fsp3) is 0.111. The number of ketones is 1. The molecular weight excluding hydrogens is 345 g/mol. The van der Waals surface area contributed by atoms with Crippen LogP contribution in [0.25, 0.3) is 0 Å². The summed E-state index contributed by atoms with van der Waals surface area (Å²) in [6.07, 6.45) is 0. The first-order valence-electron chi connectivity index (χ1n) is 3.47. The Morgan fingerprint density at radius 3 is 2.69 bits per heavy atom. The Balaban J connectivity index is 3.50. The van der Waals surface area contributed by atoms with Crippen LogP contribution in [0.1, 0.15) is 22.8 Å². The van der Waals surface area contributed by atoms with Gasteiger partial charge in [-0.15, -0.1) is 0 Å². The highest BCUT2D eigenvalue weighted by Gasteiger charge is 2.12. The molecule has 0 atom stereocenters. The van der Waals surface area contributed by atoms with Gasteiger partial charge in [0.05, 0.1) is 5.56 Å². The van der Waals surface area contributed by atoms with Gasteiger partial charge in [0.25, 0.3) is 0 Å². The van der Waals surface area contributed by atoms with E-state index in [0.29, 0.717) is 15.6 Å². The maximum Gasteiger partial charge on any atom is 0.161 e. The minimum absolute atomic E-state index is 0.0892. The van der Waals surface area contributed by atoms with Crippen LogP contribution in [0.2, 0.25) is 0 Å². The van der Waals surface area contributed by atoms with Crippen LogP contribution in [0.4, 0.5) is 0 Å². The van der Waals surface area contributed by atoms with Crippen LogP contribution in [-0.2, 0) is 0 Å². The Hall–Kier alpha value is -0.410. The predicted molar refractivity (Wildman–Crippen MR) is 61.6 cm³/mol. The third-order valence-corrected chi connectivity index (χ3v) is 4.05. The van der Waals surface area contributed by atoms with Crippen LogP contribution in [-0.4, -0.2) is 5.78 Å². The van der Waals surface area contributed by atoms with Crippen molar-refractivity contribution in [2.24, 2.45) is 0 Å². The van der Waals surface area contributed by atoms with Gasteiger partial charge in [0, 0.05) is 13.6 Å². The highest BCUT2D eigenvalue weighted by Crippen LogP contribution is 2.26. The van der Waals surface area contributed by atoms with E-state index in [1.165, 1.54) is 6.92 Å². The summed E-state index contributed by atoms with van der Waals surface area (Å²) in [5, 5.41) is 8.84. The summed E-state index contributed by atoms with van der Waals surface area (Å²) in [5.41, 5.74) is 0.884. The van der Waals surface area contributed by atoms with Gasteiger partial charge in [-0.1, -0.05) is 0 Å². The van der Waals surface area contributed by atoms with Crippen molar-refractivity contribution in [2.75, 3.05) is 0 Å². The topological polar surface area (TPSA) is 40.9 Å². The zero-order valence-corrected chi connectivity index (χ0v) is 10.5. The van der Waals surface area contributed by atoms with E-state index in [1.54, 1.807) is 6.07 Å². The van der Waals surface area contributed by atoms with E-state index < -0.39 is 0 Å². The largest absolute Gasteiger partial charge is 0.294 e. The number of benzene rings is 1.